The standard InChI is InChI=1S/C12H21NO/c1-4-10(5-2)12(9-14)7-6-11(8-12)13-3/h4-5,11,13-14H,1,6-9H2,2-3H3/b10-5+. The van der Waals surface area contributed by atoms with Gasteiger partial charge in [-0.15, -0.1) is 0 Å². The van der Waals surface area contributed by atoms with Crippen LogP contribution in [0.5, 0.6) is 0 Å². The maximum Gasteiger partial charge on any atom is 0.0528 e. The highest BCUT2D eigenvalue weighted by atomic mass is 16.3. The fraction of sp³-hybridized carbons (Fsp3) is 0.667. The minimum absolute atomic E-state index is 0.0375. The average molecular weight is 195 g/mol. The van der Waals surface area contributed by atoms with E-state index in [1.54, 1.807) is 0 Å². The fourth-order valence-electron chi connectivity index (χ4n) is 2.51. The minimum atomic E-state index is -0.0375. The molecule has 2 nitrogen and oxygen atoms in total. The predicted octanol–water partition coefficient (Wildman–Crippen LogP) is 1.87. The third-order valence-corrected chi connectivity index (χ3v) is 3.46. The number of hydrogen-bond acceptors (Lipinski definition) is 2. The van der Waals surface area contributed by atoms with E-state index >= 15 is 0 Å². The summed E-state index contributed by atoms with van der Waals surface area (Å²) in [7, 11) is 1.99. The second kappa shape index (κ2) is 4.76. The molecule has 2 unspecified atom stereocenters. The fourth-order valence-corrected chi connectivity index (χ4v) is 2.51. The molecule has 0 heterocycles. The van der Waals surface area contributed by atoms with Crippen LogP contribution in [0.1, 0.15) is 26.2 Å². The van der Waals surface area contributed by atoms with E-state index in [1.807, 2.05) is 20.0 Å². The molecule has 2 atom stereocenters. The van der Waals surface area contributed by atoms with Gasteiger partial charge in [-0.25, -0.2) is 0 Å². The third-order valence-electron chi connectivity index (χ3n) is 3.46. The van der Waals surface area contributed by atoms with Crippen molar-refractivity contribution >= 4 is 0 Å². The Labute approximate surface area is 86.7 Å². The molecule has 2 heteroatoms. The van der Waals surface area contributed by atoms with Crippen LogP contribution in [0, 0.1) is 5.41 Å². The molecule has 0 spiro atoms. The van der Waals surface area contributed by atoms with Gasteiger partial charge in [0.05, 0.1) is 6.61 Å². The van der Waals surface area contributed by atoms with E-state index in [2.05, 4.69) is 18.0 Å². The van der Waals surface area contributed by atoms with Gasteiger partial charge in [0.2, 0.25) is 0 Å². The molecule has 80 valence electrons. The summed E-state index contributed by atoms with van der Waals surface area (Å²) in [4.78, 5) is 0. The number of allylic oxidation sites excluding steroid dienone is 2. The Morgan fingerprint density at radius 1 is 1.71 bits per heavy atom. The van der Waals surface area contributed by atoms with Crippen LogP contribution in [0.15, 0.2) is 24.3 Å². The number of aliphatic hydroxyl groups is 1. The second-order valence-electron chi connectivity index (χ2n) is 4.11. The molecule has 0 aromatic heterocycles. The summed E-state index contributed by atoms with van der Waals surface area (Å²) < 4.78 is 0. The van der Waals surface area contributed by atoms with E-state index in [9.17, 15) is 5.11 Å². The second-order valence-corrected chi connectivity index (χ2v) is 4.11. The summed E-state index contributed by atoms with van der Waals surface area (Å²) in [5, 5.41) is 12.8. The normalized spacial score (nSPS) is 33.4. The van der Waals surface area contributed by atoms with Crippen molar-refractivity contribution in [2.45, 2.75) is 32.2 Å². The maximum atomic E-state index is 9.55. The Morgan fingerprint density at radius 3 is 2.79 bits per heavy atom. The van der Waals surface area contributed by atoms with E-state index in [0.29, 0.717) is 6.04 Å². The van der Waals surface area contributed by atoms with Crippen LogP contribution < -0.4 is 5.32 Å². The Hall–Kier alpha value is -0.600. The highest BCUT2D eigenvalue weighted by Crippen LogP contribution is 2.44. The first kappa shape index (κ1) is 11.5. The van der Waals surface area contributed by atoms with E-state index in [0.717, 1.165) is 19.3 Å². The van der Waals surface area contributed by atoms with Crippen molar-refractivity contribution < 1.29 is 5.11 Å². The minimum Gasteiger partial charge on any atom is -0.395 e. The maximum absolute atomic E-state index is 9.55. The van der Waals surface area contributed by atoms with Crippen LogP contribution in [-0.2, 0) is 0 Å². The molecule has 1 saturated carbocycles. The van der Waals surface area contributed by atoms with Gasteiger partial charge in [-0.1, -0.05) is 18.7 Å². The summed E-state index contributed by atoms with van der Waals surface area (Å²) in [6.07, 6.45) is 7.17. The van der Waals surface area contributed by atoms with Crippen molar-refractivity contribution in [3.05, 3.63) is 24.3 Å². The molecule has 1 aliphatic carbocycles. The van der Waals surface area contributed by atoms with Crippen LogP contribution in [0.2, 0.25) is 0 Å². The molecule has 0 aromatic carbocycles. The lowest BCUT2D eigenvalue weighted by atomic mass is 9.79. The Kier molecular flexibility index (Phi) is 3.90. The van der Waals surface area contributed by atoms with Gasteiger partial charge in [0.25, 0.3) is 0 Å². The van der Waals surface area contributed by atoms with E-state index in [4.69, 9.17) is 0 Å². The molecule has 0 amide bonds. The summed E-state index contributed by atoms with van der Waals surface area (Å²) in [6, 6.07) is 0.539. The zero-order chi connectivity index (χ0) is 10.6. The molecular formula is C12H21NO. The number of nitrogens with one attached hydrogen (secondary N) is 1. The highest BCUT2D eigenvalue weighted by Gasteiger charge is 2.39. The molecule has 0 aromatic rings. The molecule has 2 N–H and O–H groups in total. The molecule has 1 fully saturated rings. The van der Waals surface area contributed by atoms with Crippen LogP contribution in [0.4, 0.5) is 0 Å². The lowest BCUT2D eigenvalue weighted by Crippen LogP contribution is -2.28. The van der Waals surface area contributed by atoms with Crippen LogP contribution >= 0.6 is 0 Å². The quantitative estimate of drug-likeness (QED) is 0.671. The monoisotopic (exact) mass is 195 g/mol. The smallest absolute Gasteiger partial charge is 0.0528 e. The molecule has 0 saturated heterocycles. The predicted molar refractivity (Wildman–Crippen MR) is 60.2 cm³/mol. The molecule has 0 aliphatic heterocycles. The molecule has 1 aliphatic rings. The van der Waals surface area contributed by atoms with Crippen molar-refractivity contribution in [2.24, 2.45) is 5.41 Å². The Morgan fingerprint density at radius 2 is 2.43 bits per heavy atom. The van der Waals surface area contributed by atoms with Crippen LogP contribution in [0.25, 0.3) is 0 Å². The summed E-state index contributed by atoms with van der Waals surface area (Å²) in [5.41, 5.74) is 1.15. The first-order valence-corrected chi connectivity index (χ1v) is 5.30. The lowest BCUT2D eigenvalue weighted by Gasteiger charge is -2.28. The van der Waals surface area contributed by atoms with Crippen molar-refractivity contribution in [2.75, 3.05) is 13.7 Å². The summed E-state index contributed by atoms with van der Waals surface area (Å²) in [6.45, 7) is 6.07. The number of aliphatic hydroxyl groups excluding tert-OH is 1. The van der Waals surface area contributed by atoms with Crippen LogP contribution in [0.3, 0.4) is 0 Å². The van der Waals surface area contributed by atoms with E-state index < -0.39 is 0 Å². The molecular weight excluding hydrogens is 174 g/mol. The molecule has 14 heavy (non-hydrogen) atoms. The van der Waals surface area contributed by atoms with Crippen molar-refractivity contribution in [3.63, 3.8) is 0 Å². The van der Waals surface area contributed by atoms with Gasteiger partial charge in [0, 0.05) is 11.5 Å². The summed E-state index contributed by atoms with van der Waals surface area (Å²) >= 11 is 0. The first-order chi connectivity index (χ1) is 6.72. The third kappa shape index (κ3) is 1.91. The SMILES string of the molecule is C=C/C(=C\C)C1(CO)CCC(NC)C1. The van der Waals surface area contributed by atoms with Crippen LogP contribution in [-0.4, -0.2) is 24.8 Å². The molecule has 0 radical (unpaired) electrons. The zero-order valence-electron chi connectivity index (χ0n) is 9.21. The largest absolute Gasteiger partial charge is 0.395 e. The first-order valence-electron chi connectivity index (χ1n) is 5.30. The number of rotatable bonds is 4. The van der Waals surface area contributed by atoms with Crippen molar-refractivity contribution in [1.29, 1.82) is 0 Å². The van der Waals surface area contributed by atoms with Crippen molar-refractivity contribution in [3.8, 4) is 0 Å². The summed E-state index contributed by atoms with van der Waals surface area (Å²) in [5.74, 6) is 0. The number of hydrogen-bond donors (Lipinski definition) is 2. The molecule has 0 bridgehead atoms. The lowest BCUT2D eigenvalue weighted by molar-refractivity contribution is 0.164. The van der Waals surface area contributed by atoms with Gasteiger partial charge >= 0.3 is 0 Å². The Bertz CT molecular complexity index is 234. The highest BCUT2D eigenvalue weighted by molar-refractivity contribution is 5.27. The van der Waals surface area contributed by atoms with E-state index in [-0.39, 0.29) is 12.0 Å². The van der Waals surface area contributed by atoms with Gasteiger partial charge in [-0.2, -0.15) is 0 Å². The van der Waals surface area contributed by atoms with E-state index in [1.165, 1.54) is 5.57 Å². The van der Waals surface area contributed by atoms with Gasteiger partial charge in [-0.3, -0.25) is 0 Å². The topological polar surface area (TPSA) is 32.3 Å². The van der Waals surface area contributed by atoms with Gasteiger partial charge < -0.3 is 10.4 Å². The van der Waals surface area contributed by atoms with Crippen molar-refractivity contribution in [1.82, 2.24) is 5.32 Å². The molecule has 1 rings (SSSR count). The zero-order valence-corrected chi connectivity index (χ0v) is 9.21. The average Bonchev–Trinajstić information content (AvgIpc) is 2.65. The van der Waals surface area contributed by atoms with Gasteiger partial charge in [-0.05, 0) is 38.8 Å². The Balaban J connectivity index is 2.83. The van der Waals surface area contributed by atoms with Gasteiger partial charge in [0.15, 0.2) is 0 Å². The van der Waals surface area contributed by atoms with Gasteiger partial charge in [0.1, 0.15) is 0 Å².